The number of hydrogen-bond donors (Lipinski definition) is 4. The molecule has 3 rings (SSSR count). The zero-order valence-corrected chi connectivity index (χ0v) is 18.1. The molecule has 0 radical (unpaired) electrons. The molecule has 12 heteroatoms. The average Bonchev–Trinajstić information content (AvgIpc) is 2.76. The molecule has 1 atom stereocenters. The maximum absolute atomic E-state index is 13.0. The Morgan fingerprint density at radius 3 is 2.29 bits per heavy atom. The molecular formula is C22H21F3N6O3. The van der Waals surface area contributed by atoms with E-state index in [9.17, 15) is 22.8 Å². The number of hydrogen-bond acceptors (Lipinski definition) is 6. The molecule has 0 saturated carbocycles. The lowest BCUT2D eigenvalue weighted by atomic mass is 10.1. The van der Waals surface area contributed by atoms with Gasteiger partial charge in [0.25, 0.3) is 0 Å². The van der Waals surface area contributed by atoms with E-state index >= 15 is 0 Å². The molecule has 0 saturated heterocycles. The van der Waals surface area contributed by atoms with E-state index in [4.69, 9.17) is 10.5 Å². The summed E-state index contributed by atoms with van der Waals surface area (Å²) in [6, 6.07) is 9.89. The van der Waals surface area contributed by atoms with Crippen molar-refractivity contribution in [1.29, 1.82) is 0 Å². The van der Waals surface area contributed by atoms with Crippen LogP contribution in [0.25, 0.3) is 0 Å². The molecule has 1 unspecified atom stereocenters. The molecule has 0 aliphatic heterocycles. The van der Waals surface area contributed by atoms with E-state index in [2.05, 4.69) is 25.9 Å². The van der Waals surface area contributed by atoms with Gasteiger partial charge in [0, 0.05) is 17.4 Å². The fraction of sp³-hybridized carbons (Fsp3) is 0.182. The van der Waals surface area contributed by atoms with E-state index in [0.29, 0.717) is 17.3 Å². The molecule has 3 amide bonds. The molecular weight excluding hydrogens is 453 g/mol. The number of urea groups is 1. The van der Waals surface area contributed by atoms with Crippen molar-refractivity contribution in [3.63, 3.8) is 0 Å². The summed E-state index contributed by atoms with van der Waals surface area (Å²) in [5.41, 5.74) is 4.84. The summed E-state index contributed by atoms with van der Waals surface area (Å²) in [5.74, 6) is 0.395. The normalized spacial score (nSPS) is 11.9. The second-order valence-electron chi connectivity index (χ2n) is 7.24. The van der Waals surface area contributed by atoms with Crippen LogP contribution in [0.3, 0.4) is 0 Å². The van der Waals surface area contributed by atoms with Gasteiger partial charge in [-0.05, 0) is 55.8 Å². The van der Waals surface area contributed by atoms with Crippen molar-refractivity contribution in [3.8, 4) is 11.6 Å². The van der Waals surface area contributed by atoms with Crippen LogP contribution in [-0.4, -0.2) is 27.9 Å². The van der Waals surface area contributed by atoms with Crippen molar-refractivity contribution in [1.82, 2.24) is 9.97 Å². The van der Waals surface area contributed by atoms with Crippen molar-refractivity contribution in [2.24, 2.45) is 5.73 Å². The fourth-order valence-corrected chi connectivity index (χ4v) is 2.79. The molecule has 0 spiro atoms. The Kier molecular flexibility index (Phi) is 7.19. The number of aryl methyl sites for hydroxylation is 1. The van der Waals surface area contributed by atoms with Gasteiger partial charge < -0.3 is 26.4 Å². The molecule has 3 aromatic rings. The molecule has 1 heterocycles. The van der Waals surface area contributed by atoms with E-state index in [1.807, 2.05) is 0 Å². The number of nitrogens with two attached hydrogens (primary N) is 1. The third-order valence-electron chi connectivity index (χ3n) is 4.57. The molecule has 5 N–H and O–H groups in total. The van der Waals surface area contributed by atoms with Gasteiger partial charge in [-0.3, -0.25) is 4.79 Å². The third kappa shape index (κ3) is 6.58. The summed E-state index contributed by atoms with van der Waals surface area (Å²) in [6.07, 6.45) is -3.27. The minimum absolute atomic E-state index is 0.00853. The van der Waals surface area contributed by atoms with Crippen LogP contribution in [0, 0.1) is 6.92 Å². The SMILES string of the molecule is Cc1ccc(NC(=O)Nc2ccc(Oc3cc(NC(C)C(N)=O)ncn3)cc2)cc1C(F)(F)F. The highest BCUT2D eigenvalue weighted by Crippen LogP contribution is 2.33. The number of amides is 3. The van der Waals surface area contributed by atoms with Gasteiger partial charge in [-0.1, -0.05) is 6.07 Å². The first-order valence-corrected chi connectivity index (χ1v) is 9.93. The number of carbonyl (C=O) groups excluding carboxylic acids is 2. The van der Waals surface area contributed by atoms with Crippen LogP contribution >= 0.6 is 0 Å². The number of anilines is 3. The van der Waals surface area contributed by atoms with Crippen molar-refractivity contribution < 1.29 is 27.5 Å². The van der Waals surface area contributed by atoms with Crippen molar-refractivity contribution >= 4 is 29.1 Å². The predicted molar refractivity (Wildman–Crippen MR) is 120 cm³/mol. The van der Waals surface area contributed by atoms with Gasteiger partial charge in [-0.25, -0.2) is 14.8 Å². The summed E-state index contributed by atoms with van der Waals surface area (Å²) < 4.78 is 44.8. The number of nitrogens with zero attached hydrogens (tertiary/aromatic N) is 2. The number of carbonyl (C=O) groups is 2. The zero-order chi connectivity index (χ0) is 24.9. The Balaban J connectivity index is 1.60. The van der Waals surface area contributed by atoms with Gasteiger partial charge in [0.1, 0.15) is 23.9 Å². The number of primary amides is 1. The molecule has 0 bridgehead atoms. The Labute approximate surface area is 192 Å². The molecule has 34 heavy (non-hydrogen) atoms. The number of halogens is 3. The standard InChI is InChI=1S/C22H21F3N6O3/c1-12-3-4-15(9-17(12)22(23,24)25)31-21(33)30-14-5-7-16(8-6-14)34-19-10-18(27-11-28-19)29-13(2)20(26)32/h3-11,13H,1-2H3,(H2,26,32)(H,27,28,29)(H2,30,31,33). The number of benzene rings is 2. The van der Waals surface area contributed by atoms with Crippen molar-refractivity contribution in [2.75, 3.05) is 16.0 Å². The number of aromatic nitrogens is 2. The minimum atomic E-state index is -4.52. The van der Waals surface area contributed by atoms with E-state index < -0.39 is 29.7 Å². The Morgan fingerprint density at radius 2 is 1.65 bits per heavy atom. The quantitative estimate of drug-likeness (QED) is 0.398. The number of rotatable bonds is 7. The molecule has 178 valence electrons. The molecule has 2 aromatic carbocycles. The van der Waals surface area contributed by atoms with Crippen LogP contribution in [0.1, 0.15) is 18.1 Å². The highest BCUT2D eigenvalue weighted by molar-refractivity contribution is 5.99. The topological polar surface area (TPSA) is 131 Å². The summed E-state index contributed by atoms with van der Waals surface area (Å²) in [7, 11) is 0. The first-order chi connectivity index (χ1) is 16.0. The van der Waals surface area contributed by atoms with Crippen LogP contribution in [0.15, 0.2) is 54.9 Å². The van der Waals surface area contributed by atoms with E-state index in [-0.39, 0.29) is 17.1 Å². The maximum atomic E-state index is 13.0. The third-order valence-corrected chi connectivity index (χ3v) is 4.57. The highest BCUT2D eigenvalue weighted by Gasteiger charge is 2.32. The Bertz CT molecular complexity index is 1190. The van der Waals surface area contributed by atoms with Crippen LogP contribution in [-0.2, 0) is 11.0 Å². The lowest BCUT2D eigenvalue weighted by Crippen LogP contribution is -2.32. The number of ether oxygens (including phenoxy) is 1. The smallest absolute Gasteiger partial charge is 0.416 e. The van der Waals surface area contributed by atoms with Crippen LogP contribution in [0.5, 0.6) is 11.6 Å². The fourth-order valence-electron chi connectivity index (χ4n) is 2.79. The second kappa shape index (κ2) is 10.1. The van der Waals surface area contributed by atoms with E-state index in [1.54, 1.807) is 31.2 Å². The molecule has 0 aliphatic carbocycles. The van der Waals surface area contributed by atoms with Gasteiger partial charge in [0.15, 0.2) is 0 Å². The van der Waals surface area contributed by atoms with Crippen LogP contribution in [0.4, 0.5) is 35.2 Å². The summed E-state index contributed by atoms with van der Waals surface area (Å²) in [4.78, 5) is 31.3. The summed E-state index contributed by atoms with van der Waals surface area (Å²) >= 11 is 0. The first-order valence-electron chi connectivity index (χ1n) is 9.93. The highest BCUT2D eigenvalue weighted by atomic mass is 19.4. The summed E-state index contributed by atoms with van der Waals surface area (Å²) in [6.45, 7) is 2.93. The van der Waals surface area contributed by atoms with Crippen LogP contribution in [0.2, 0.25) is 0 Å². The number of nitrogens with one attached hydrogen (secondary N) is 3. The van der Waals surface area contributed by atoms with Crippen molar-refractivity contribution in [3.05, 3.63) is 66.0 Å². The first kappa shape index (κ1) is 24.3. The lowest BCUT2D eigenvalue weighted by molar-refractivity contribution is -0.138. The Morgan fingerprint density at radius 1 is 1.00 bits per heavy atom. The van der Waals surface area contributed by atoms with Crippen molar-refractivity contribution in [2.45, 2.75) is 26.1 Å². The molecule has 0 fully saturated rings. The van der Waals surface area contributed by atoms with Gasteiger partial charge in [-0.2, -0.15) is 13.2 Å². The molecule has 9 nitrogen and oxygen atoms in total. The molecule has 1 aromatic heterocycles. The summed E-state index contributed by atoms with van der Waals surface area (Å²) in [5, 5.41) is 7.72. The monoisotopic (exact) mass is 474 g/mol. The predicted octanol–water partition coefficient (Wildman–Crippen LogP) is 4.53. The zero-order valence-electron chi connectivity index (χ0n) is 18.1. The van der Waals surface area contributed by atoms with Crippen LogP contribution < -0.4 is 26.4 Å². The lowest BCUT2D eigenvalue weighted by Gasteiger charge is -2.13. The largest absolute Gasteiger partial charge is 0.439 e. The number of alkyl halides is 3. The Hall–Kier alpha value is -4.35. The van der Waals surface area contributed by atoms with Gasteiger partial charge in [0.05, 0.1) is 5.56 Å². The van der Waals surface area contributed by atoms with Gasteiger partial charge >= 0.3 is 12.2 Å². The molecule has 0 aliphatic rings. The second-order valence-corrected chi connectivity index (χ2v) is 7.24. The minimum Gasteiger partial charge on any atom is -0.439 e. The van der Waals surface area contributed by atoms with E-state index in [0.717, 1.165) is 6.07 Å². The maximum Gasteiger partial charge on any atom is 0.416 e. The average molecular weight is 474 g/mol. The van der Waals surface area contributed by atoms with E-state index in [1.165, 1.54) is 31.5 Å². The van der Waals surface area contributed by atoms with Gasteiger partial charge in [-0.15, -0.1) is 0 Å². The van der Waals surface area contributed by atoms with Gasteiger partial charge in [0.2, 0.25) is 11.8 Å².